The first-order chi connectivity index (χ1) is 9.58. The summed E-state index contributed by atoms with van der Waals surface area (Å²) in [6.07, 6.45) is 0. The van der Waals surface area contributed by atoms with Gasteiger partial charge in [0.15, 0.2) is 0 Å². The molecule has 2 aromatic carbocycles. The van der Waals surface area contributed by atoms with Crippen molar-refractivity contribution in [3.05, 3.63) is 69.7 Å². The van der Waals surface area contributed by atoms with Crippen molar-refractivity contribution in [3.8, 4) is 0 Å². The lowest BCUT2D eigenvalue weighted by atomic mass is 10.0. The van der Waals surface area contributed by atoms with E-state index >= 15 is 0 Å². The molecule has 0 fully saturated rings. The molecule has 104 valence electrons. The highest BCUT2D eigenvalue weighted by molar-refractivity contribution is 9.10. The van der Waals surface area contributed by atoms with Gasteiger partial charge >= 0.3 is 0 Å². The quantitative estimate of drug-likeness (QED) is 0.884. The van der Waals surface area contributed by atoms with Gasteiger partial charge in [0.2, 0.25) is 5.91 Å². The summed E-state index contributed by atoms with van der Waals surface area (Å²) < 4.78 is 0.891. The summed E-state index contributed by atoms with van der Waals surface area (Å²) in [4.78, 5) is 11.7. The highest BCUT2D eigenvalue weighted by Gasteiger charge is 2.19. The van der Waals surface area contributed by atoms with Crippen LogP contribution in [0.5, 0.6) is 0 Å². The summed E-state index contributed by atoms with van der Waals surface area (Å²) in [5.41, 5.74) is 8.62. The number of nitrogens with two attached hydrogens (primary N) is 1. The van der Waals surface area contributed by atoms with E-state index in [1.165, 1.54) is 0 Å². The first-order valence-electron chi connectivity index (χ1n) is 6.40. The average molecular weight is 333 g/mol. The van der Waals surface area contributed by atoms with Crippen LogP contribution in [0.4, 0.5) is 0 Å². The number of benzene rings is 2. The van der Waals surface area contributed by atoms with Gasteiger partial charge in [0.25, 0.3) is 0 Å². The first kappa shape index (κ1) is 14.8. The van der Waals surface area contributed by atoms with Crippen LogP contribution in [-0.4, -0.2) is 5.91 Å². The summed E-state index contributed by atoms with van der Waals surface area (Å²) in [5.74, 6) is -0.384. The molecule has 3 nitrogen and oxygen atoms in total. The highest BCUT2D eigenvalue weighted by atomic mass is 79.9. The van der Waals surface area contributed by atoms with E-state index in [4.69, 9.17) is 5.73 Å². The van der Waals surface area contributed by atoms with Crippen LogP contribution < -0.4 is 11.1 Å². The Morgan fingerprint density at radius 2 is 1.95 bits per heavy atom. The number of hydrogen-bond acceptors (Lipinski definition) is 2. The van der Waals surface area contributed by atoms with Gasteiger partial charge in [-0.25, -0.2) is 0 Å². The molecule has 2 rings (SSSR count). The molecule has 4 heteroatoms. The summed E-state index contributed by atoms with van der Waals surface area (Å²) in [6, 6.07) is 15.3. The van der Waals surface area contributed by atoms with Gasteiger partial charge in [-0.15, -0.1) is 0 Å². The molecule has 0 spiro atoms. The minimum Gasteiger partial charge on any atom is -0.368 e. The Hall–Kier alpha value is -1.65. The van der Waals surface area contributed by atoms with Gasteiger partial charge in [-0.3, -0.25) is 10.1 Å². The summed E-state index contributed by atoms with van der Waals surface area (Å²) in [5, 5.41) is 3.21. The topological polar surface area (TPSA) is 55.1 Å². The second-order valence-electron chi connectivity index (χ2n) is 4.73. The van der Waals surface area contributed by atoms with Crippen molar-refractivity contribution in [1.29, 1.82) is 0 Å². The largest absolute Gasteiger partial charge is 0.368 e. The van der Waals surface area contributed by atoms with Crippen LogP contribution in [0.1, 0.15) is 22.7 Å². The van der Waals surface area contributed by atoms with E-state index in [0.717, 1.165) is 21.2 Å². The molecule has 1 atom stereocenters. The number of hydrogen-bond donors (Lipinski definition) is 2. The standard InChI is InChI=1S/C16H17BrN2O/c1-11-7-8-13(14(17)9-11)15(16(18)20)19-10-12-5-3-2-4-6-12/h2-9,15,19H,10H2,1H3,(H2,18,20). The lowest BCUT2D eigenvalue weighted by Crippen LogP contribution is -2.33. The zero-order valence-corrected chi connectivity index (χ0v) is 12.9. The average Bonchev–Trinajstić information content (AvgIpc) is 2.42. The molecular weight excluding hydrogens is 316 g/mol. The number of aryl methyl sites for hydroxylation is 1. The molecule has 0 aliphatic heterocycles. The summed E-state index contributed by atoms with van der Waals surface area (Å²) in [6.45, 7) is 2.60. The van der Waals surface area contributed by atoms with Crippen LogP contribution in [0.25, 0.3) is 0 Å². The van der Waals surface area contributed by atoms with Crippen molar-refractivity contribution in [2.24, 2.45) is 5.73 Å². The fourth-order valence-electron chi connectivity index (χ4n) is 2.05. The van der Waals surface area contributed by atoms with E-state index in [2.05, 4.69) is 21.2 Å². The maximum atomic E-state index is 11.7. The lowest BCUT2D eigenvalue weighted by molar-refractivity contribution is -0.120. The molecule has 0 bridgehead atoms. The van der Waals surface area contributed by atoms with Crippen LogP contribution in [0.2, 0.25) is 0 Å². The number of carbonyl (C=O) groups is 1. The Kier molecular flexibility index (Phi) is 4.93. The van der Waals surface area contributed by atoms with Crippen molar-refractivity contribution in [3.63, 3.8) is 0 Å². The molecule has 1 unspecified atom stereocenters. The van der Waals surface area contributed by atoms with Gasteiger partial charge in [-0.05, 0) is 29.7 Å². The van der Waals surface area contributed by atoms with Gasteiger partial charge in [-0.1, -0.05) is 58.4 Å². The molecule has 0 aliphatic carbocycles. The molecule has 0 radical (unpaired) electrons. The van der Waals surface area contributed by atoms with Gasteiger partial charge in [0.05, 0.1) is 0 Å². The van der Waals surface area contributed by atoms with Crippen LogP contribution in [0.15, 0.2) is 53.0 Å². The predicted octanol–water partition coefficient (Wildman–Crippen LogP) is 3.07. The number of rotatable bonds is 5. The monoisotopic (exact) mass is 332 g/mol. The molecule has 0 aromatic heterocycles. The summed E-state index contributed by atoms with van der Waals surface area (Å²) >= 11 is 3.49. The molecule has 0 saturated carbocycles. The Bertz CT molecular complexity index is 599. The lowest BCUT2D eigenvalue weighted by Gasteiger charge is -2.17. The molecule has 3 N–H and O–H groups in total. The smallest absolute Gasteiger partial charge is 0.239 e. The van der Waals surface area contributed by atoms with E-state index in [1.807, 2.05) is 55.5 Å². The Morgan fingerprint density at radius 3 is 2.55 bits per heavy atom. The first-order valence-corrected chi connectivity index (χ1v) is 7.20. The third-order valence-electron chi connectivity index (χ3n) is 3.10. The number of carbonyl (C=O) groups excluding carboxylic acids is 1. The van der Waals surface area contributed by atoms with Gasteiger partial charge in [0, 0.05) is 11.0 Å². The fraction of sp³-hybridized carbons (Fsp3) is 0.188. The van der Waals surface area contributed by atoms with Gasteiger partial charge in [-0.2, -0.15) is 0 Å². The SMILES string of the molecule is Cc1ccc(C(NCc2ccccc2)C(N)=O)c(Br)c1. The third-order valence-corrected chi connectivity index (χ3v) is 3.79. The Balaban J connectivity index is 2.17. The second-order valence-corrected chi connectivity index (χ2v) is 5.58. The molecule has 1 amide bonds. The number of nitrogens with one attached hydrogen (secondary N) is 1. The molecule has 2 aromatic rings. The van der Waals surface area contributed by atoms with Crippen molar-refractivity contribution in [1.82, 2.24) is 5.32 Å². The van der Waals surface area contributed by atoms with Crippen LogP contribution >= 0.6 is 15.9 Å². The maximum Gasteiger partial charge on any atom is 0.239 e. The molecule has 0 aliphatic rings. The summed E-state index contributed by atoms with van der Waals surface area (Å²) in [7, 11) is 0. The second kappa shape index (κ2) is 6.68. The van der Waals surface area contributed by atoms with Gasteiger partial charge in [0.1, 0.15) is 6.04 Å². The Labute approximate surface area is 127 Å². The van der Waals surface area contributed by atoms with Crippen LogP contribution in [0, 0.1) is 6.92 Å². The number of amides is 1. The minimum atomic E-state index is -0.509. The van der Waals surface area contributed by atoms with E-state index in [0.29, 0.717) is 6.54 Å². The predicted molar refractivity (Wildman–Crippen MR) is 84.1 cm³/mol. The number of primary amides is 1. The van der Waals surface area contributed by atoms with E-state index in [1.54, 1.807) is 0 Å². The zero-order chi connectivity index (χ0) is 14.5. The van der Waals surface area contributed by atoms with Crippen LogP contribution in [0.3, 0.4) is 0 Å². The highest BCUT2D eigenvalue weighted by Crippen LogP contribution is 2.25. The molecular formula is C16H17BrN2O. The molecule has 0 saturated heterocycles. The minimum absolute atomic E-state index is 0.384. The Morgan fingerprint density at radius 1 is 1.25 bits per heavy atom. The normalized spacial score (nSPS) is 12.1. The van der Waals surface area contributed by atoms with Crippen molar-refractivity contribution in [2.75, 3.05) is 0 Å². The molecule has 20 heavy (non-hydrogen) atoms. The van der Waals surface area contributed by atoms with Crippen LogP contribution in [-0.2, 0) is 11.3 Å². The fourth-order valence-corrected chi connectivity index (χ4v) is 2.77. The van der Waals surface area contributed by atoms with E-state index in [9.17, 15) is 4.79 Å². The van der Waals surface area contributed by atoms with Gasteiger partial charge < -0.3 is 5.73 Å². The van der Waals surface area contributed by atoms with E-state index in [-0.39, 0.29) is 5.91 Å². The van der Waals surface area contributed by atoms with E-state index < -0.39 is 6.04 Å². The van der Waals surface area contributed by atoms with Crippen molar-refractivity contribution >= 4 is 21.8 Å². The number of halogens is 1. The third kappa shape index (κ3) is 3.68. The van der Waals surface area contributed by atoms with Crippen molar-refractivity contribution in [2.45, 2.75) is 19.5 Å². The molecule has 0 heterocycles. The van der Waals surface area contributed by atoms with Crippen molar-refractivity contribution < 1.29 is 4.79 Å². The zero-order valence-electron chi connectivity index (χ0n) is 11.3. The maximum absolute atomic E-state index is 11.7.